The van der Waals surface area contributed by atoms with Crippen LogP contribution in [0.15, 0.2) is 18.2 Å². The lowest BCUT2D eigenvalue weighted by molar-refractivity contribution is -0.122. The molecule has 1 atom stereocenters. The normalized spacial score (nSPS) is 17.2. The van der Waals surface area contributed by atoms with Crippen LogP contribution in [0.25, 0.3) is 0 Å². The van der Waals surface area contributed by atoms with Crippen molar-refractivity contribution in [2.45, 2.75) is 13.0 Å². The first-order valence-corrected chi connectivity index (χ1v) is 6.00. The lowest BCUT2D eigenvalue weighted by Crippen LogP contribution is -2.34. The zero-order valence-electron chi connectivity index (χ0n) is 10.9. The predicted molar refractivity (Wildman–Crippen MR) is 69.4 cm³/mol. The van der Waals surface area contributed by atoms with E-state index in [9.17, 15) is 9.59 Å². The summed E-state index contributed by atoms with van der Waals surface area (Å²) in [5.74, 6) is 0.137. The Hall–Kier alpha value is -2.08. The van der Waals surface area contributed by atoms with Crippen LogP contribution in [0.4, 0.5) is 5.69 Å². The molecule has 1 aromatic rings. The predicted octanol–water partition coefficient (Wildman–Crippen LogP) is 0.782. The van der Waals surface area contributed by atoms with E-state index in [4.69, 9.17) is 9.47 Å². The van der Waals surface area contributed by atoms with E-state index in [1.165, 1.54) is 0 Å². The van der Waals surface area contributed by atoms with Crippen molar-refractivity contribution in [1.29, 1.82) is 0 Å². The third kappa shape index (κ3) is 3.03. The number of amides is 2. The summed E-state index contributed by atoms with van der Waals surface area (Å²) < 4.78 is 10.3. The summed E-state index contributed by atoms with van der Waals surface area (Å²) in [6.07, 6.45) is -0.520. The highest BCUT2D eigenvalue weighted by atomic mass is 16.5. The SMILES string of the molecule is COCCNC(=O)c1ccc2c(c1)NC(=O)C(C)O2. The number of hydrogen-bond acceptors (Lipinski definition) is 4. The smallest absolute Gasteiger partial charge is 0.265 e. The maximum Gasteiger partial charge on any atom is 0.265 e. The number of carbonyl (C=O) groups is 2. The van der Waals surface area contributed by atoms with E-state index in [-0.39, 0.29) is 11.8 Å². The van der Waals surface area contributed by atoms with Crippen LogP contribution in [-0.2, 0) is 9.53 Å². The first-order valence-electron chi connectivity index (χ1n) is 6.00. The van der Waals surface area contributed by atoms with Crippen molar-refractivity contribution in [1.82, 2.24) is 5.32 Å². The molecule has 1 aliphatic heterocycles. The number of ether oxygens (including phenoxy) is 2. The Morgan fingerprint density at radius 3 is 3.05 bits per heavy atom. The van der Waals surface area contributed by atoms with Crippen molar-refractivity contribution in [2.75, 3.05) is 25.6 Å². The summed E-state index contributed by atoms with van der Waals surface area (Å²) in [5, 5.41) is 5.41. The van der Waals surface area contributed by atoms with E-state index < -0.39 is 6.10 Å². The van der Waals surface area contributed by atoms with E-state index >= 15 is 0 Å². The third-order valence-corrected chi connectivity index (χ3v) is 2.76. The van der Waals surface area contributed by atoms with Crippen molar-refractivity contribution < 1.29 is 19.1 Å². The van der Waals surface area contributed by atoms with Gasteiger partial charge in [-0.1, -0.05) is 0 Å². The van der Waals surface area contributed by atoms with Gasteiger partial charge in [-0.05, 0) is 25.1 Å². The van der Waals surface area contributed by atoms with E-state index in [1.807, 2.05) is 0 Å². The van der Waals surface area contributed by atoms with Gasteiger partial charge < -0.3 is 20.1 Å². The summed E-state index contributed by atoms with van der Waals surface area (Å²) in [7, 11) is 1.57. The molecule has 2 N–H and O–H groups in total. The van der Waals surface area contributed by atoms with Crippen LogP contribution in [0, 0.1) is 0 Å². The first-order chi connectivity index (χ1) is 9.11. The number of hydrogen-bond donors (Lipinski definition) is 2. The molecule has 0 aliphatic carbocycles. The molecule has 1 aromatic carbocycles. The van der Waals surface area contributed by atoms with Crippen LogP contribution in [0.5, 0.6) is 5.75 Å². The molecular formula is C13H16N2O4. The van der Waals surface area contributed by atoms with E-state index in [1.54, 1.807) is 32.2 Å². The second-order valence-electron chi connectivity index (χ2n) is 4.21. The molecule has 0 saturated carbocycles. The Labute approximate surface area is 111 Å². The average Bonchev–Trinajstić information content (AvgIpc) is 2.40. The molecule has 19 heavy (non-hydrogen) atoms. The number of carbonyl (C=O) groups excluding carboxylic acids is 2. The minimum absolute atomic E-state index is 0.215. The highest BCUT2D eigenvalue weighted by Gasteiger charge is 2.24. The highest BCUT2D eigenvalue weighted by Crippen LogP contribution is 2.30. The first kappa shape index (κ1) is 13.4. The highest BCUT2D eigenvalue weighted by molar-refractivity contribution is 6.00. The summed E-state index contributed by atoms with van der Waals surface area (Å²) >= 11 is 0. The average molecular weight is 264 g/mol. The topological polar surface area (TPSA) is 76.7 Å². The fourth-order valence-electron chi connectivity index (χ4n) is 1.72. The standard InChI is InChI=1S/C13H16N2O4/c1-8-12(16)15-10-7-9(3-4-11(10)19-8)13(17)14-5-6-18-2/h3-4,7-8H,5-6H2,1-2H3,(H,14,17)(H,15,16). The molecule has 2 amide bonds. The maximum absolute atomic E-state index is 11.8. The minimum Gasteiger partial charge on any atom is -0.479 e. The zero-order chi connectivity index (χ0) is 13.8. The van der Waals surface area contributed by atoms with Gasteiger partial charge in [0, 0.05) is 19.2 Å². The van der Waals surface area contributed by atoms with Gasteiger partial charge in [0.05, 0.1) is 12.3 Å². The Kier molecular flexibility index (Phi) is 4.01. The Bertz CT molecular complexity index is 501. The number of fused-ring (bicyclic) bond motifs is 1. The Balaban J connectivity index is 2.10. The van der Waals surface area contributed by atoms with Gasteiger partial charge in [0.15, 0.2) is 6.10 Å². The number of nitrogens with one attached hydrogen (secondary N) is 2. The summed E-state index contributed by atoms with van der Waals surface area (Å²) in [5.41, 5.74) is 0.982. The van der Waals surface area contributed by atoms with Crippen molar-refractivity contribution >= 4 is 17.5 Å². The van der Waals surface area contributed by atoms with Crippen LogP contribution in [0.3, 0.4) is 0 Å². The molecule has 102 valence electrons. The number of anilines is 1. The second-order valence-corrected chi connectivity index (χ2v) is 4.21. The maximum atomic E-state index is 11.8. The molecule has 2 rings (SSSR count). The zero-order valence-corrected chi connectivity index (χ0v) is 10.9. The molecule has 0 bridgehead atoms. The van der Waals surface area contributed by atoms with Gasteiger partial charge in [-0.2, -0.15) is 0 Å². The van der Waals surface area contributed by atoms with Crippen molar-refractivity contribution in [2.24, 2.45) is 0 Å². The lowest BCUT2D eigenvalue weighted by atomic mass is 10.1. The van der Waals surface area contributed by atoms with E-state index in [0.29, 0.717) is 30.2 Å². The van der Waals surface area contributed by atoms with Crippen LogP contribution in [-0.4, -0.2) is 38.2 Å². The molecular weight excluding hydrogens is 248 g/mol. The molecule has 0 fully saturated rings. The van der Waals surface area contributed by atoms with Gasteiger partial charge in [-0.15, -0.1) is 0 Å². The van der Waals surface area contributed by atoms with Crippen molar-refractivity contribution in [3.8, 4) is 5.75 Å². The van der Waals surface area contributed by atoms with Crippen molar-refractivity contribution in [3.05, 3.63) is 23.8 Å². The minimum atomic E-state index is -0.520. The van der Waals surface area contributed by atoms with Gasteiger partial charge in [-0.3, -0.25) is 9.59 Å². The van der Waals surface area contributed by atoms with Gasteiger partial charge >= 0.3 is 0 Å². The van der Waals surface area contributed by atoms with Gasteiger partial charge in [0.25, 0.3) is 11.8 Å². The summed E-state index contributed by atoms with van der Waals surface area (Å²) in [6.45, 7) is 2.56. The summed E-state index contributed by atoms with van der Waals surface area (Å²) in [6, 6.07) is 4.93. The van der Waals surface area contributed by atoms with Crippen molar-refractivity contribution in [3.63, 3.8) is 0 Å². The molecule has 6 heteroatoms. The van der Waals surface area contributed by atoms with E-state index in [2.05, 4.69) is 10.6 Å². The summed E-state index contributed by atoms with van der Waals surface area (Å²) in [4.78, 5) is 23.3. The second kappa shape index (κ2) is 5.71. The molecule has 0 aromatic heterocycles. The fourth-order valence-corrected chi connectivity index (χ4v) is 1.72. The van der Waals surface area contributed by atoms with Crippen LogP contribution in [0.2, 0.25) is 0 Å². The van der Waals surface area contributed by atoms with Crippen LogP contribution >= 0.6 is 0 Å². The van der Waals surface area contributed by atoms with Gasteiger partial charge in [-0.25, -0.2) is 0 Å². The number of methoxy groups -OCH3 is 1. The molecule has 0 spiro atoms. The fraction of sp³-hybridized carbons (Fsp3) is 0.385. The number of benzene rings is 1. The molecule has 1 aliphatic rings. The third-order valence-electron chi connectivity index (χ3n) is 2.76. The van der Waals surface area contributed by atoms with E-state index in [0.717, 1.165) is 0 Å². The Morgan fingerprint density at radius 2 is 2.32 bits per heavy atom. The molecule has 6 nitrogen and oxygen atoms in total. The molecule has 1 unspecified atom stereocenters. The molecule has 0 radical (unpaired) electrons. The van der Waals surface area contributed by atoms with Crippen LogP contribution < -0.4 is 15.4 Å². The molecule has 1 heterocycles. The Morgan fingerprint density at radius 1 is 1.53 bits per heavy atom. The van der Waals surface area contributed by atoms with Gasteiger partial charge in [0.1, 0.15) is 5.75 Å². The largest absolute Gasteiger partial charge is 0.479 e. The van der Waals surface area contributed by atoms with Crippen LogP contribution in [0.1, 0.15) is 17.3 Å². The lowest BCUT2D eigenvalue weighted by Gasteiger charge is -2.23. The van der Waals surface area contributed by atoms with Gasteiger partial charge in [0.2, 0.25) is 0 Å². The molecule has 0 saturated heterocycles. The quantitative estimate of drug-likeness (QED) is 0.788. The monoisotopic (exact) mass is 264 g/mol. The number of rotatable bonds is 4.